The van der Waals surface area contributed by atoms with Crippen LogP contribution in [-0.4, -0.2) is 19.3 Å². The molecule has 2 rings (SSSR count). The molecule has 0 atom stereocenters. The summed E-state index contributed by atoms with van der Waals surface area (Å²) >= 11 is 11.3. The fourth-order valence-electron chi connectivity index (χ4n) is 1.55. The summed E-state index contributed by atoms with van der Waals surface area (Å²) in [5.41, 5.74) is 0.562. The van der Waals surface area contributed by atoms with Gasteiger partial charge in [-0.2, -0.15) is 0 Å². The first-order valence-corrected chi connectivity index (χ1v) is 7.91. The van der Waals surface area contributed by atoms with Crippen LogP contribution in [0.4, 0.5) is 0 Å². The number of aromatic amines is 1. The van der Waals surface area contributed by atoms with Crippen molar-refractivity contribution < 1.29 is 13.2 Å². The molecule has 2 N–H and O–H groups in total. The second kappa shape index (κ2) is 5.87. The van der Waals surface area contributed by atoms with E-state index in [9.17, 15) is 13.2 Å². The van der Waals surface area contributed by atoms with Crippen molar-refractivity contribution in [3.63, 3.8) is 0 Å². The Balaban J connectivity index is 2.10. The molecule has 1 amide bonds. The predicted molar refractivity (Wildman–Crippen MR) is 77.3 cm³/mol. The van der Waals surface area contributed by atoms with Crippen molar-refractivity contribution in [2.24, 2.45) is 0 Å². The second-order valence-electron chi connectivity index (χ2n) is 4.02. The summed E-state index contributed by atoms with van der Waals surface area (Å²) < 4.78 is 25.7. The van der Waals surface area contributed by atoms with Gasteiger partial charge in [-0.05, 0) is 11.6 Å². The lowest BCUT2D eigenvalue weighted by Gasteiger charge is -2.05. The minimum absolute atomic E-state index is 0.0170. The summed E-state index contributed by atoms with van der Waals surface area (Å²) in [6, 6.07) is 9.79. The first kappa shape index (κ1) is 14.9. The van der Waals surface area contributed by atoms with E-state index in [1.807, 2.05) is 4.72 Å². The number of sulfonamides is 1. The van der Waals surface area contributed by atoms with Crippen LogP contribution < -0.4 is 4.72 Å². The molecule has 0 aliphatic rings. The van der Waals surface area contributed by atoms with Crippen molar-refractivity contribution in [3.05, 3.63) is 57.8 Å². The minimum Gasteiger partial charge on any atom is -0.340 e. The number of hydrogen-bond donors (Lipinski definition) is 2. The molecule has 0 radical (unpaired) electrons. The number of amides is 1. The lowest BCUT2D eigenvalue weighted by Crippen LogP contribution is -2.31. The third-order valence-corrected chi connectivity index (χ3v) is 4.32. The highest BCUT2D eigenvalue weighted by Gasteiger charge is 2.19. The Labute approximate surface area is 126 Å². The molecule has 0 aliphatic heterocycles. The van der Waals surface area contributed by atoms with Crippen LogP contribution in [0.15, 0.2) is 36.4 Å². The predicted octanol–water partition coefficient (Wildman–Crippen LogP) is 2.58. The maximum atomic E-state index is 11.9. The molecule has 1 heterocycles. The second-order valence-corrected chi connectivity index (χ2v) is 6.53. The van der Waals surface area contributed by atoms with Crippen LogP contribution in [-0.2, 0) is 15.8 Å². The van der Waals surface area contributed by atoms with Gasteiger partial charge in [0.2, 0.25) is 10.0 Å². The smallest absolute Gasteiger partial charge is 0.281 e. The molecule has 1 aromatic carbocycles. The van der Waals surface area contributed by atoms with Crippen LogP contribution in [0, 0.1) is 0 Å². The minimum atomic E-state index is -3.79. The van der Waals surface area contributed by atoms with Gasteiger partial charge in [0.15, 0.2) is 0 Å². The van der Waals surface area contributed by atoms with Crippen molar-refractivity contribution in [1.29, 1.82) is 0 Å². The highest BCUT2D eigenvalue weighted by molar-refractivity contribution is 7.89. The van der Waals surface area contributed by atoms with E-state index >= 15 is 0 Å². The van der Waals surface area contributed by atoms with E-state index in [1.165, 1.54) is 6.07 Å². The highest BCUT2D eigenvalue weighted by Crippen LogP contribution is 2.21. The zero-order valence-corrected chi connectivity index (χ0v) is 12.4. The molecule has 5 nitrogen and oxygen atoms in total. The first-order valence-electron chi connectivity index (χ1n) is 5.50. The van der Waals surface area contributed by atoms with E-state index in [-0.39, 0.29) is 21.6 Å². The van der Waals surface area contributed by atoms with E-state index in [0.29, 0.717) is 5.56 Å². The molecule has 0 bridgehead atoms. The molecule has 106 valence electrons. The lowest BCUT2D eigenvalue weighted by molar-refractivity contribution is 0.0977. The van der Waals surface area contributed by atoms with Gasteiger partial charge in [-0.25, -0.2) is 13.1 Å². The first-order chi connectivity index (χ1) is 9.37. The molecule has 20 heavy (non-hydrogen) atoms. The number of carbonyl (C=O) groups is 1. The Morgan fingerprint density at radius 1 is 1.20 bits per heavy atom. The van der Waals surface area contributed by atoms with E-state index in [4.69, 9.17) is 23.2 Å². The van der Waals surface area contributed by atoms with E-state index in [0.717, 1.165) is 0 Å². The third-order valence-electron chi connectivity index (χ3n) is 2.42. The average molecular weight is 333 g/mol. The monoisotopic (exact) mass is 332 g/mol. The molecule has 0 aliphatic carbocycles. The number of rotatable bonds is 4. The van der Waals surface area contributed by atoms with Crippen LogP contribution in [0.5, 0.6) is 0 Å². The number of halogens is 2. The van der Waals surface area contributed by atoms with Crippen molar-refractivity contribution >= 4 is 39.1 Å². The van der Waals surface area contributed by atoms with Gasteiger partial charge in [0.05, 0.1) is 10.8 Å². The molecule has 0 unspecified atom stereocenters. The molecular weight excluding hydrogens is 323 g/mol. The molecule has 0 spiro atoms. The Morgan fingerprint density at radius 3 is 2.40 bits per heavy atom. The number of hydrogen-bond acceptors (Lipinski definition) is 3. The molecule has 8 heteroatoms. The maximum Gasteiger partial charge on any atom is 0.281 e. The van der Waals surface area contributed by atoms with Gasteiger partial charge >= 0.3 is 0 Å². The Bertz CT molecular complexity index is 707. The largest absolute Gasteiger partial charge is 0.340 e. The SMILES string of the molecule is O=C(NS(=O)(=O)Cc1ccccc1)c1cc(Cl)c(Cl)[nH]1. The van der Waals surface area contributed by atoms with Gasteiger partial charge in [-0.3, -0.25) is 4.79 Å². The summed E-state index contributed by atoms with van der Waals surface area (Å²) in [6.45, 7) is 0. The van der Waals surface area contributed by atoms with Crippen LogP contribution in [0.2, 0.25) is 10.2 Å². The maximum absolute atomic E-state index is 11.9. The Hall–Kier alpha value is -1.50. The Kier molecular flexibility index (Phi) is 4.37. The van der Waals surface area contributed by atoms with Gasteiger partial charge < -0.3 is 4.98 Å². The Morgan fingerprint density at radius 2 is 1.85 bits per heavy atom. The van der Waals surface area contributed by atoms with Crippen LogP contribution in [0.3, 0.4) is 0 Å². The summed E-state index contributed by atoms with van der Waals surface area (Å²) in [6.07, 6.45) is 0. The van der Waals surface area contributed by atoms with Crippen LogP contribution in [0.1, 0.15) is 16.1 Å². The van der Waals surface area contributed by atoms with Crippen molar-refractivity contribution in [1.82, 2.24) is 9.71 Å². The normalized spacial score (nSPS) is 11.3. The molecule has 1 aromatic heterocycles. The van der Waals surface area contributed by atoms with E-state index < -0.39 is 15.9 Å². The lowest BCUT2D eigenvalue weighted by atomic mass is 10.2. The van der Waals surface area contributed by atoms with Gasteiger partial charge in [0.25, 0.3) is 5.91 Å². The van der Waals surface area contributed by atoms with Gasteiger partial charge in [-0.15, -0.1) is 0 Å². The summed E-state index contributed by atoms with van der Waals surface area (Å²) in [5, 5.41) is 0.231. The topological polar surface area (TPSA) is 79.0 Å². The van der Waals surface area contributed by atoms with Gasteiger partial charge in [-0.1, -0.05) is 53.5 Å². The van der Waals surface area contributed by atoms with Crippen molar-refractivity contribution in [2.45, 2.75) is 5.75 Å². The molecule has 0 saturated carbocycles. The van der Waals surface area contributed by atoms with Gasteiger partial charge in [0, 0.05) is 0 Å². The summed E-state index contributed by atoms with van der Waals surface area (Å²) in [5.74, 6) is -1.10. The number of aromatic nitrogens is 1. The fourth-order valence-corrected chi connectivity index (χ4v) is 2.96. The average Bonchev–Trinajstić information content (AvgIpc) is 2.70. The number of benzene rings is 1. The molecular formula is C12H10Cl2N2O3S. The van der Waals surface area contributed by atoms with Crippen LogP contribution in [0.25, 0.3) is 0 Å². The molecule has 0 saturated heterocycles. The number of carbonyl (C=O) groups excluding carboxylic acids is 1. The molecule has 2 aromatic rings. The van der Waals surface area contributed by atoms with E-state index in [1.54, 1.807) is 30.3 Å². The standard InChI is InChI=1S/C12H10Cl2N2O3S/c13-9-6-10(15-11(9)14)12(17)16-20(18,19)7-8-4-2-1-3-5-8/h1-6,15H,7H2,(H,16,17). The molecule has 0 fully saturated rings. The highest BCUT2D eigenvalue weighted by atomic mass is 35.5. The van der Waals surface area contributed by atoms with E-state index in [2.05, 4.69) is 4.98 Å². The van der Waals surface area contributed by atoms with Crippen molar-refractivity contribution in [2.75, 3.05) is 0 Å². The number of nitrogens with one attached hydrogen (secondary N) is 2. The summed E-state index contributed by atoms with van der Waals surface area (Å²) in [4.78, 5) is 14.3. The zero-order chi connectivity index (χ0) is 14.8. The zero-order valence-electron chi connectivity index (χ0n) is 10.1. The van der Waals surface area contributed by atoms with Crippen LogP contribution >= 0.6 is 23.2 Å². The quantitative estimate of drug-likeness (QED) is 0.903. The number of H-pyrrole nitrogens is 1. The van der Waals surface area contributed by atoms with Gasteiger partial charge in [0.1, 0.15) is 10.8 Å². The third kappa shape index (κ3) is 3.75. The summed E-state index contributed by atoms with van der Waals surface area (Å²) in [7, 11) is -3.79. The fraction of sp³-hybridized carbons (Fsp3) is 0.0833. The van der Waals surface area contributed by atoms with Crippen molar-refractivity contribution in [3.8, 4) is 0 Å².